The Morgan fingerprint density at radius 3 is 2.68 bits per heavy atom. The maximum atomic E-state index is 13.9. The van der Waals surface area contributed by atoms with Gasteiger partial charge in [-0.25, -0.2) is 8.78 Å². The van der Waals surface area contributed by atoms with Crippen LogP contribution in [-0.2, 0) is 20.9 Å². The summed E-state index contributed by atoms with van der Waals surface area (Å²) in [7, 11) is 0. The Labute approximate surface area is 143 Å². The van der Waals surface area contributed by atoms with Crippen LogP contribution in [0.1, 0.15) is 24.8 Å². The van der Waals surface area contributed by atoms with Gasteiger partial charge in [0.1, 0.15) is 0 Å². The fourth-order valence-corrected chi connectivity index (χ4v) is 3.76. The molecule has 0 radical (unpaired) electrons. The van der Waals surface area contributed by atoms with Crippen LogP contribution in [-0.4, -0.2) is 47.2 Å². The number of primary amides is 1. The summed E-state index contributed by atoms with van der Waals surface area (Å²) in [6, 6.07) is 3.88. The molecule has 25 heavy (non-hydrogen) atoms. The first-order valence-electron chi connectivity index (χ1n) is 8.15. The van der Waals surface area contributed by atoms with Crippen molar-refractivity contribution in [3.63, 3.8) is 0 Å². The number of halogens is 2. The summed E-state index contributed by atoms with van der Waals surface area (Å²) in [4.78, 5) is 38.6. The van der Waals surface area contributed by atoms with Crippen molar-refractivity contribution in [1.29, 1.82) is 0 Å². The SMILES string of the molecule is NC(=O)C(=O)N1CC[C@@]2(CCCN(Cc3cccc(F)c3F)C2=O)C1. The van der Waals surface area contributed by atoms with E-state index in [0.29, 0.717) is 25.8 Å². The second-order valence-electron chi connectivity index (χ2n) is 6.66. The Kier molecular flexibility index (Phi) is 4.45. The molecule has 1 spiro atoms. The van der Waals surface area contributed by atoms with Crippen LogP contribution in [0.5, 0.6) is 0 Å². The summed E-state index contributed by atoms with van der Waals surface area (Å²) in [5.74, 6) is -3.93. The Bertz CT molecular complexity index is 740. The molecule has 2 fully saturated rings. The van der Waals surface area contributed by atoms with Crippen molar-refractivity contribution >= 4 is 17.7 Å². The first kappa shape index (κ1) is 17.3. The lowest BCUT2D eigenvalue weighted by molar-refractivity contribution is -0.148. The van der Waals surface area contributed by atoms with Gasteiger partial charge in [0.05, 0.1) is 5.41 Å². The predicted molar refractivity (Wildman–Crippen MR) is 83.8 cm³/mol. The Morgan fingerprint density at radius 2 is 1.96 bits per heavy atom. The maximum absolute atomic E-state index is 13.9. The number of carbonyl (C=O) groups is 3. The molecule has 2 heterocycles. The van der Waals surface area contributed by atoms with Crippen LogP contribution in [0, 0.1) is 17.0 Å². The summed E-state index contributed by atoms with van der Waals surface area (Å²) in [6.45, 7) is 0.847. The molecule has 6 nitrogen and oxygen atoms in total. The normalized spacial score (nSPS) is 23.4. The second kappa shape index (κ2) is 6.42. The minimum atomic E-state index is -1.04. The summed E-state index contributed by atoms with van der Waals surface area (Å²) < 4.78 is 27.3. The van der Waals surface area contributed by atoms with E-state index in [0.717, 1.165) is 6.07 Å². The fraction of sp³-hybridized carbons (Fsp3) is 0.471. The highest BCUT2D eigenvalue weighted by atomic mass is 19.2. The zero-order valence-electron chi connectivity index (χ0n) is 13.6. The van der Waals surface area contributed by atoms with E-state index in [9.17, 15) is 23.2 Å². The number of benzene rings is 1. The van der Waals surface area contributed by atoms with E-state index in [1.54, 1.807) is 0 Å². The molecule has 1 aromatic rings. The van der Waals surface area contributed by atoms with E-state index >= 15 is 0 Å². The molecular formula is C17H19F2N3O3. The lowest BCUT2D eigenvalue weighted by Crippen LogP contribution is -2.50. The van der Waals surface area contributed by atoms with Gasteiger partial charge in [0, 0.05) is 31.7 Å². The van der Waals surface area contributed by atoms with E-state index in [4.69, 9.17) is 5.73 Å². The topological polar surface area (TPSA) is 83.7 Å². The molecular weight excluding hydrogens is 332 g/mol. The summed E-state index contributed by atoms with van der Waals surface area (Å²) in [5, 5.41) is 0. The summed E-state index contributed by atoms with van der Waals surface area (Å²) in [5.41, 5.74) is 4.37. The number of likely N-dealkylation sites (tertiary alicyclic amines) is 2. The minimum Gasteiger partial charge on any atom is -0.361 e. The average Bonchev–Trinajstić information content (AvgIpc) is 3.00. The number of hydrogen-bond donors (Lipinski definition) is 1. The van der Waals surface area contributed by atoms with Crippen LogP contribution >= 0.6 is 0 Å². The first-order valence-corrected chi connectivity index (χ1v) is 8.15. The summed E-state index contributed by atoms with van der Waals surface area (Å²) in [6.07, 6.45) is 1.73. The molecule has 2 N–H and O–H groups in total. The number of nitrogens with zero attached hydrogens (tertiary/aromatic N) is 2. The highest BCUT2D eigenvalue weighted by molar-refractivity contribution is 6.34. The van der Waals surface area contributed by atoms with E-state index in [-0.39, 0.29) is 31.1 Å². The van der Waals surface area contributed by atoms with Gasteiger partial charge in [0.15, 0.2) is 11.6 Å². The van der Waals surface area contributed by atoms with Crippen molar-refractivity contribution in [2.75, 3.05) is 19.6 Å². The quantitative estimate of drug-likeness (QED) is 0.800. The molecule has 0 bridgehead atoms. The zero-order valence-corrected chi connectivity index (χ0v) is 13.6. The van der Waals surface area contributed by atoms with Crippen molar-refractivity contribution in [1.82, 2.24) is 9.80 Å². The fourth-order valence-electron chi connectivity index (χ4n) is 3.76. The molecule has 8 heteroatoms. The third-order valence-corrected chi connectivity index (χ3v) is 5.07. The number of piperidine rings is 1. The molecule has 3 amide bonds. The van der Waals surface area contributed by atoms with Crippen molar-refractivity contribution in [2.24, 2.45) is 11.1 Å². The monoisotopic (exact) mass is 351 g/mol. The van der Waals surface area contributed by atoms with Gasteiger partial charge in [-0.1, -0.05) is 12.1 Å². The Balaban J connectivity index is 1.77. The Hall–Kier alpha value is -2.51. The van der Waals surface area contributed by atoms with Gasteiger partial charge in [-0.05, 0) is 25.3 Å². The van der Waals surface area contributed by atoms with Crippen molar-refractivity contribution in [3.8, 4) is 0 Å². The number of rotatable bonds is 2. The predicted octanol–water partition coefficient (Wildman–Crippen LogP) is 0.791. The van der Waals surface area contributed by atoms with Crippen LogP contribution in [0.2, 0.25) is 0 Å². The van der Waals surface area contributed by atoms with E-state index in [1.807, 2.05) is 0 Å². The minimum absolute atomic E-state index is 0.0199. The molecule has 134 valence electrons. The van der Waals surface area contributed by atoms with Gasteiger partial charge < -0.3 is 15.5 Å². The van der Waals surface area contributed by atoms with Crippen LogP contribution in [0.3, 0.4) is 0 Å². The van der Waals surface area contributed by atoms with E-state index < -0.39 is 28.9 Å². The van der Waals surface area contributed by atoms with E-state index in [2.05, 4.69) is 0 Å². The standard InChI is InChI=1S/C17H19F2N3O3/c18-12-4-1-3-11(13(12)19)9-21-7-2-5-17(16(21)25)6-8-22(10-17)15(24)14(20)23/h1,3-4H,2,5-10H2,(H2,20,23)/t17-/m0/s1. The second-order valence-corrected chi connectivity index (χ2v) is 6.66. The van der Waals surface area contributed by atoms with Gasteiger partial charge in [0.2, 0.25) is 5.91 Å². The highest BCUT2D eigenvalue weighted by Crippen LogP contribution is 2.40. The van der Waals surface area contributed by atoms with Crippen LogP contribution in [0.4, 0.5) is 8.78 Å². The molecule has 0 unspecified atom stereocenters. The van der Waals surface area contributed by atoms with Gasteiger partial charge in [-0.3, -0.25) is 14.4 Å². The summed E-state index contributed by atoms with van der Waals surface area (Å²) >= 11 is 0. The molecule has 2 aliphatic heterocycles. The molecule has 3 rings (SSSR count). The van der Waals surface area contributed by atoms with E-state index in [1.165, 1.54) is 21.9 Å². The maximum Gasteiger partial charge on any atom is 0.311 e. The molecule has 0 saturated carbocycles. The average molecular weight is 351 g/mol. The molecule has 0 aromatic heterocycles. The molecule has 2 aliphatic rings. The molecule has 1 aromatic carbocycles. The smallest absolute Gasteiger partial charge is 0.311 e. The first-order chi connectivity index (χ1) is 11.8. The van der Waals surface area contributed by atoms with Gasteiger partial charge in [-0.2, -0.15) is 0 Å². The zero-order chi connectivity index (χ0) is 18.2. The Morgan fingerprint density at radius 1 is 1.20 bits per heavy atom. The third kappa shape index (κ3) is 3.08. The van der Waals surface area contributed by atoms with Gasteiger partial charge in [-0.15, -0.1) is 0 Å². The number of carbonyl (C=O) groups excluding carboxylic acids is 3. The van der Waals surface area contributed by atoms with Crippen molar-refractivity contribution in [3.05, 3.63) is 35.4 Å². The number of hydrogen-bond acceptors (Lipinski definition) is 3. The largest absolute Gasteiger partial charge is 0.361 e. The van der Waals surface area contributed by atoms with Crippen LogP contribution < -0.4 is 5.73 Å². The van der Waals surface area contributed by atoms with Gasteiger partial charge in [0.25, 0.3) is 0 Å². The molecule has 0 aliphatic carbocycles. The lowest BCUT2D eigenvalue weighted by Gasteiger charge is -2.39. The highest BCUT2D eigenvalue weighted by Gasteiger charge is 2.49. The number of amides is 3. The third-order valence-electron chi connectivity index (χ3n) is 5.07. The number of nitrogens with two attached hydrogens (primary N) is 1. The van der Waals surface area contributed by atoms with Crippen LogP contribution in [0.25, 0.3) is 0 Å². The van der Waals surface area contributed by atoms with Crippen molar-refractivity contribution in [2.45, 2.75) is 25.8 Å². The molecule has 2 saturated heterocycles. The lowest BCUT2D eigenvalue weighted by atomic mass is 9.78. The molecule has 1 atom stereocenters. The van der Waals surface area contributed by atoms with Crippen molar-refractivity contribution < 1.29 is 23.2 Å². The van der Waals surface area contributed by atoms with Gasteiger partial charge >= 0.3 is 11.8 Å². The van der Waals surface area contributed by atoms with Crippen LogP contribution in [0.15, 0.2) is 18.2 Å².